The summed E-state index contributed by atoms with van der Waals surface area (Å²) in [5, 5.41) is 3.45. The maximum Gasteiger partial charge on any atom is 0.121 e. The average molecular weight is 267 g/mol. The van der Waals surface area contributed by atoms with E-state index in [0.717, 1.165) is 24.4 Å². The predicted octanol–water partition coefficient (Wildman–Crippen LogP) is 4.42. The second kappa shape index (κ2) is 9.15. The number of hydrogen-bond donors (Lipinski definition) is 1. The number of thioether (sulfide) groups is 1. The maximum atomic E-state index is 5.81. The van der Waals surface area contributed by atoms with Crippen LogP contribution in [0, 0.1) is 0 Å². The van der Waals surface area contributed by atoms with Crippen LogP contribution in [-0.2, 0) is 0 Å². The number of hydrogen-bond acceptors (Lipinski definition) is 3. The van der Waals surface area contributed by atoms with Gasteiger partial charge >= 0.3 is 0 Å². The van der Waals surface area contributed by atoms with Gasteiger partial charge < -0.3 is 10.1 Å². The summed E-state index contributed by atoms with van der Waals surface area (Å²) in [4.78, 5) is 0. The van der Waals surface area contributed by atoms with Gasteiger partial charge in [-0.3, -0.25) is 0 Å². The number of benzene rings is 1. The van der Waals surface area contributed by atoms with Crippen molar-refractivity contribution in [3.63, 3.8) is 0 Å². The molecule has 0 saturated carbocycles. The van der Waals surface area contributed by atoms with Crippen LogP contribution in [-0.4, -0.2) is 24.7 Å². The summed E-state index contributed by atoms with van der Waals surface area (Å²) in [7, 11) is 0. The van der Waals surface area contributed by atoms with Crippen LogP contribution < -0.4 is 10.1 Å². The van der Waals surface area contributed by atoms with Crippen molar-refractivity contribution in [1.82, 2.24) is 0 Å². The molecule has 0 heterocycles. The van der Waals surface area contributed by atoms with E-state index in [-0.39, 0.29) is 6.10 Å². The molecule has 0 aromatic heterocycles. The molecule has 0 amide bonds. The summed E-state index contributed by atoms with van der Waals surface area (Å²) in [5.41, 5.74) is 1.15. The Morgan fingerprint density at radius 1 is 1.33 bits per heavy atom. The van der Waals surface area contributed by atoms with Gasteiger partial charge in [0.15, 0.2) is 0 Å². The third-order valence-electron chi connectivity index (χ3n) is 2.85. The first-order chi connectivity index (χ1) is 8.76. The summed E-state index contributed by atoms with van der Waals surface area (Å²) in [6.07, 6.45) is 5.96. The van der Waals surface area contributed by atoms with Gasteiger partial charge in [-0.25, -0.2) is 0 Å². The highest BCUT2D eigenvalue weighted by molar-refractivity contribution is 7.98. The second-order valence-electron chi connectivity index (χ2n) is 4.49. The Kier molecular flexibility index (Phi) is 7.74. The first-order valence-electron chi connectivity index (χ1n) is 6.75. The molecule has 2 nitrogen and oxygen atoms in total. The summed E-state index contributed by atoms with van der Waals surface area (Å²) in [6.45, 7) is 5.27. The maximum absolute atomic E-state index is 5.81. The zero-order valence-electron chi connectivity index (χ0n) is 11.7. The highest BCUT2D eigenvalue weighted by Gasteiger charge is 2.01. The first kappa shape index (κ1) is 15.2. The van der Waals surface area contributed by atoms with Crippen LogP contribution in [0.15, 0.2) is 24.3 Å². The van der Waals surface area contributed by atoms with Crippen LogP contribution in [0.5, 0.6) is 5.75 Å². The average Bonchev–Trinajstić information content (AvgIpc) is 2.39. The van der Waals surface area contributed by atoms with Crippen molar-refractivity contribution in [2.45, 2.75) is 39.2 Å². The molecule has 1 N–H and O–H groups in total. The van der Waals surface area contributed by atoms with Crippen molar-refractivity contribution in [1.29, 1.82) is 0 Å². The van der Waals surface area contributed by atoms with Crippen LogP contribution in [0.25, 0.3) is 0 Å². The molecule has 18 heavy (non-hydrogen) atoms. The van der Waals surface area contributed by atoms with Gasteiger partial charge in [0.2, 0.25) is 0 Å². The van der Waals surface area contributed by atoms with Gasteiger partial charge in [0.05, 0.1) is 6.10 Å². The Balaban J connectivity index is 2.35. The summed E-state index contributed by atoms with van der Waals surface area (Å²) in [6, 6.07) is 8.24. The fraction of sp³-hybridized carbons (Fsp3) is 0.600. The molecule has 1 atom stereocenters. The summed E-state index contributed by atoms with van der Waals surface area (Å²) in [5.74, 6) is 2.21. The molecule has 1 aromatic carbocycles. The van der Waals surface area contributed by atoms with Crippen LogP contribution in [0.3, 0.4) is 0 Å². The zero-order valence-corrected chi connectivity index (χ0v) is 12.6. The molecule has 0 radical (unpaired) electrons. The summed E-state index contributed by atoms with van der Waals surface area (Å²) >= 11 is 1.91. The highest BCUT2D eigenvalue weighted by atomic mass is 32.2. The zero-order chi connectivity index (χ0) is 13.2. The monoisotopic (exact) mass is 267 g/mol. The number of rotatable bonds is 9. The highest BCUT2D eigenvalue weighted by Crippen LogP contribution is 2.19. The SMILES string of the molecule is CCC(C)Oc1cccc(NCCCCSC)c1. The molecule has 1 aromatic rings. The smallest absolute Gasteiger partial charge is 0.121 e. The van der Waals surface area contributed by atoms with Crippen molar-refractivity contribution in [2.24, 2.45) is 0 Å². The van der Waals surface area contributed by atoms with Gasteiger partial charge in [0.1, 0.15) is 5.75 Å². The number of ether oxygens (including phenoxy) is 1. The predicted molar refractivity (Wildman–Crippen MR) is 82.9 cm³/mol. The lowest BCUT2D eigenvalue weighted by molar-refractivity contribution is 0.217. The van der Waals surface area contributed by atoms with Gasteiger partial charge in [-0.2, -0.15) is 11.8 Å². The largest absolute Gasteiger partial charge is 0.491 e. The number of anilines is 1. The molecule has 0 saturated heterocycles. The van der Waals surface area contributed by atoms with E-state index >= 15 is 0 Å². The van der Waals surface area contributed by atoms with E-state index in [2.05, 4.69) is 37.6 Å². The molecule has 0 aliphatic heterocycles. The van der Waals surface area contributed by atoms with Crippen LogP contribution >= 0.6 is 11.8 Å². The third-order valence-corrected chi connectivity index (χ3v) is 3.55. The molecular formula is C15H25NOS. The van der Waals surface area contributed by atoms with Crippen LogP contribution in [0.1, 0.15) is 33.1 Å². The molecule has 1 rings (SSSR count). The summed E-state index contributed by atoms with van der Waals surface area (Å²) < 4.78 is 5.81. The quantitative estimate of drug-likeness (QED) is 0.669. The van der Waals surface area contributed by atoms with E-state index in [0.29, 0.717) is 0 Å². The minimum Gasteiger partial charge on any atom is -0.491 e. The van der Waals surface area contributed by atoms with E-state index in [1.165, 1.54) is 18.6 Å². The molecular weight excluding hydrogens is 242 g/mol. The Bertz CT molecular complexity index is 330. The Morgan fingerprint density at radius 2 is 2.17 bits per heavy atom. The normalized spacial score (nSPS) is 12.2. The standard InChI is InChI=1S/C15H25NOS/c1-4-13(2)17-15-9-7-8-14(12-15)16-10-5-6-11-18-3/h7-9,12-13,16H,4-6,10-11H2,1-3H3. The van der Waals surface area contributed by atoms with Crippen molar-refractivity contribution in [2.75, 3.05) is 23.9 Å². The lowest BCUT2D eigenvalue weighted by Gasteiger charge is -2.14. The fourth-order valence-electron chi connectivity index (χ4n) is 1.60. The molecule has 0 spiro atoms. The second-order valence-corrected chi connectivity index (χ2v) is 5.48. The topological polar surface area (TPSA) is 21.3 Å². The van der Waals surface area contributed by atoms with Gasteiger partial charge in [-0.05, 0) is 50.3 Å². The van der Waals surface area contributed by atoms with E-state index < -0.39 is 0 Å². The minimum absolute atomic E-state index is 0.279. The van der Waals surface area contributed by atoms with Gasteiger partial charge in [0, 0.05) is 18.3 Å². The van der Waals surface area contributed by atoms with Gasteiger partial charge in [-0.15, -0.1) is 0 Å². The van der Waals surface area contributed by atoms with E-state index in [1.807, 2.05) is 23.9 Å². The van der Waals surface area contributed by atoms with E-state index in [4.69, 9.17) is 4.74 Å². The van der Waals surface area contributed by atoms with E-state index in [9.17, 15) is 0 Å². The Hall–Kier alpha value is -0.830. The number of nitrogens with one attached hydrogen (secondary N) is 1. The lowest BCUT2D eigenvalue weighted by Crippen LogP contribution is -2.10. The molecule has 0 aliphatic rings. The minimum atomic E-state index is 0.279. The van der Waals surface area contributed by atoms with Crippen molar-refractivity contribution >= 4 is 17.4 Å². The van der Waals surface area contributed by atoms with E-state index in [1.54, 1.807) is 0 Å². The number of unbranched alkanes of at least 4 members (excludes halogenated alkanes) is 1. The van der Waals surface area contributed by atoms with Gasteiger partial charge in [-0.1, -0.05) is 13.0 Å². The molecule has 0 fully saturated rings. The van der Waals surface area contributed by atoms with Crippen molar-refractivity contribution in [3.05, 3.63) is 24.3 Å². The van der Waals surface area contributed by atoms with Crippen molar-refractivity contribution in [3.8, 4) is 5.75 Å². The molecule has 3 heteroatoms. The molecule has 0 aliphatic carbocycles. The Labute approximate surface area is 116 Å². The third kappa shape index (κ3) is 6.20. The van der Waals surface area contributed by atoms with Crippen LogP contribution in [0.4, 0.5) is 5.69 Å². The fourth-order valence-corrected chi connectivity index (χ4v) is 2.09. The van der Waals surface area contributed by atoms with Crippen molar-refractivity contribution < 1.29 is 4.74 Å². The first-order valence-corrected chi connectivity index (χ1v) is 8.15. The lowest BCUT2D eigenvalue weighted by atomic mass is 10.2. The molecule has 0 bridgehead atoms. The van der Waals surface area contributed by atoms with Crippen LogP contribution in [0.2, 0.25) is 0 Å². The molecule has 102 valence electrons. The molecule has 1 unspecified atom stereocenters. The Morgan fingerprint density at radius 3 is 2.89 bits per heavy atom. The van der Waals surface area contributed by atoms with Gasteiger partial charge in [0.25, 0.3) is 0 Å².